The third-order valence-electron chi connectivity index (χ3n) is 5.50. The molecule has 0 aliphatic heterocycles. The van der Waals surface area contributed by atoms with E-state index in [1.165, 1.54) is 6.08 Å². The molecule has 2 heterocycles. The van der Waals surface area contributed by atoms with Gasteiger partial charge in [-0.2, -0.15) is 0 Å². The molecule has 7 heteroatoms. The van der Waals surface area contributed by atoms with Gasteiger partial charge in [0, 0.05) is 11.1 Å². The van der Waals surface area contributed by atoms with Crippen LogP contribution < -0.4 is 5.73 Å². The Morgan fingerprint density at radius 1 is 1.19 bits per heavy atom. The third-order valence-corrected chi connectivity index (χ3v) is 6.58. The summed E-state index contributed by atoms with van der Waals surface area (Å²) in [6.07, 6.45) is 10.3. The van der Waals surface area contributed by atoms with Crippen LogP contribution in [0.25, 0.3) is 10.2 Å². The molecule has 0 radical (unpaired) electrons. The number of anilines is 1. The summed E-state index contributed by atoms with van der Waals surface area (Å²) in [6, 6.07) is 0. The molecule has 1 unspecified atom stereocenters. The summed E-state index contributed by atoms with van der Waals surface area (Å²) in [4.78, 5) is 18.4. The quantitative estimate of drug-likeness (QED) is 0.426. The van der Waals surface area contributed by atoms with E-state index >= 15 is 4.39 Å². The molecule has 0 saturated heterocycles. The van der Waals surface area contributed by atoms with Gasteiger partial charge in [-0.05, 0) is 63.7 Å². The van der Waals surface area contributed by atoms with Crippen LogP contribution in [0.3, 0.4) is 0 Å². The van der Waals surface area contributed by atoms with Crippen LogP contribution in [0.15, 0.2) is 36.0 Å². The molecular formula is C24H26F2N2O2S. The van der Waals surface area contributed by atoms with E-state index in [-0.39, 0.29) is 10.6 Å². The number of nitrogen functional groups attached to an aromatic ring is 1. The van der Waals surface area contributed by atoms with Gasteiger partial charge in [-0.15, -0.1) is 11.3 Å². The number of nitrogens with zero attached hydrogens (tertiary/aromatic N) is 1. The van der Waals surface area contributed by atoms with Gasteiger partial charge < -0.3 is 10.5 Å². The highest BCUT2D eigenvalue weighted by Gasteiger charge is 2.32. The van der Waals surface area contributed by atoms with Crippen molar-refractivity contribution in [2.45, 2.75) is 64.4 Å². The van der Waals surface area contributed by atoms with Crippen molar-refractivity contribution in [3.63, 3.8) is 0 Å². The Kier molecular flexibility index (Phi) is 5.73. The van der Waals surface area contributed by atoms with Gasteiger partial charge in [0.2, 0.25) is 0 Å². The fourth-order valence-corrected chi connectivity index (χ4v) is 5.20. The Labute approximate surface area is 184 Å². The van der Waals surface area contributed by atoms with Crippen LogP contribution in [-0.4, -0.2) is 16.6 Å². The molecule has 0 amide bonds. The molecule has 2 aromatic rings. The van der Waals surface area contributed by atoms with Crippen LogP contribution >= 0.6 is 11.3 Å². The van der Waals surface area contributed by atoms with Gasteiger partial charge in [0.15, 0.2) is 5.83 Å². The number of carbonyl (C=O) groups is 1. The first-order valence-electron chi connectivity index (χ1n) is 10.5. The lowest BCUT2D eigenvalue weighted by atomic mass is 9.87. The van der Waals surface area contributed by atoms with Crippen molar-refractivity contribution in [2.75, 3.05) is 5.73 Å². The number of esters is 1. The van der Waals surface area contributed by atoms with E-state index in [1.807, 2.05) is 0 Å². The predicted molar refractivity (Wildman–Crippen MR) is 121 cm³/mol. The lowest BCUT2D eigenvalue weighted by molar-refractivity contribution is 0.00764. The fraction of sp³-hybridized carbons (Fsp3) is 0.417. The van der Waals surface area contributed by atoms with Crippen LogP contribution in [0.1, 0.15) is 72.4 Å². The summed E-state index contributed by atoms with van der Waals surface area (Å²) < 4.78 is 35.0. The molecule has 2 aliphatic carbocycles. The van der Waals surface area contributed by atoms with Gasteiger partial charge in [-0.1, -0.05) is 24.6 Å². The molecule has 0 fully saturated rings. The van der Waals surface area contributed by atoms with Crippen molar-refractivity contribution in [2.24, 2.45) is 0 Å². The average Bonchev–Trinajstić information content (AvgIpc) is 2.83. The van der Waals surface area contributed by atoms with Crippen molar-refractivity contribution in [3.8, 4) is 0 Å². The van der Waals surface area contributed by atoms with E-state index in [4.69, 9.17) is 15.5 Å². The number of thiophene rings is 1. The number of fused-ring (bicyclic) bond motifs is 2. The summed E-state index contributed by atoms with van der Waals surface area (Å²) in [5, 5.41) is 0.533. The van der Waals surface area contributed by atoms with E-state index in [1.54, 1.807) is 32.9 Å². The zero-order valence-corrected chi connectivity index (χ0v) is 18.7. The summed E-state index contributed by atoms with van der Waals surface area (Å²) in [6.45, 7) is 5.35. The van der Waals surface area contributed by atoms with Crippen LogP contribution in [0.2, 0.25) is 0 Å². The van der Waals surface area contributed by atoms with Crippen molar-refractivity contribution in [1.29, 1.82) is 0 Å². The second-order valence-electron chi connectivity index (χ2n) is 8.96. The van der Waals surface area contributed by atoms with Crippen molar-refractivity contribution < 1.29 is 18.3 Å². The highest BCUT2D eigenvalue weighted by Crippen LogP contribution is 2.45. The van der Waals surface area contributed by atoms with Gasteiger partial charge >= 0.3 is 5.97 Å². The molecule has 0 aromatic carbocycles. The molecule has 31 heavy (non-hydrogen) atoms. The SMILES string of the molecule is CC(C)(C)OC(=O)c1sc2nc3c(c(C4C=CC=CC(F)=C4F)c2c1N)CCCCC3. The summed E-state index contributed by atoms with van der Waals surface area (Å²) >= 11 is 1.16. The maximum Gasteiger partial charge on any atom is 0.351 e. The van der Waals surface area contributed by atoms with Crippen molar-refractivity contribution >= 4 is 33.2 Å². The lowest BCUT2D eigenvalue weighted by Gasteiger charge is -2.20. The van der Waals surface area contributed by atoms with E-state index in [2.05, 4.69) is 0 Å². The number of hydrogen-bond donors (Lipinski definition) is 1. The van der Waals surface area contributed by atoms with E-state index < -0.39 is 29.1 Å². The smallest absolute Gasteiger partial charge is 0.351 e. The molecule has 0 bridgehead atoms. The largest absolute Gasteiger partial charge is 0.456 e. The molecule has 0 saturated carbocycles. The highest BCUT2D eigenvalue weighted by molar-refractivity contribution is 7.21. The molecule has 2 N–H and O–H groups in total. The standard InChI is InChI=1S/C24H26F2N2O2S/c1-24(2,3)30-23(29)21-20(27)18-17(14-10-7-8-11-15(25)19(14)26)13-9-5-4-6-12-16(13)28-22(18)31-21/h7-8,10-11,14H,4-6,9,12,27H2,1-3H3. The number of aromatic nitrogens is 1. The number of allylic oxidation sites excluding steroid dienone is 6. The van der Waals surface area contributed by atoms with Gasteiger partial charge in [0.05, 0.1) is 11.6 Å². The Bertz CT molecular complexity index is 1140. The lowest BCUT2D eigenvalue weighted by Crippen LogP contribution is -2.23. The topological polar surface area (TPSA) is 65.2 Å². The van der Waals surface area contributed by atoms with E-state index in [0.717, 1.165) is 60.8 Å². The van der Waals surface area contributed by atoms with Gasteiger partial charge in [0.1, 0.15) is 21.1 Å². The Hall–Kier alpha value is -2.54. The van der Waals surface area contributed by atoms with Crippen molar-refractivity contribution in [3.05, 3.63) is 57.7 Å². The third kappa shape index (κ3) is 4.15. The number of hydrogen-bond acceptors (Lipinski definition) is 5. The molecule has 164 valence electrons. The fourth-order valence-electron chi connectivity index (χ4n) is 4.19. The van der Waals surface area contributed by atoms with Crippen LogP contribution in [0.4, 0.5) is 14.5 Å². The van der Waals surface area contributed by atoms with Crippen LogP contribution in [-0.2, 0) is 17.6 Å². The Morgan fingerprint density at radius 3 is 2.68 bits per heavy atom. The minimum absolute atomic E-state index is 0.225. The number of rotatable bonds is 2. The number of pyridine rings is 1. The molecular weight excluding hydrogens is 418 g/mol. The maximum atomic E-state index is 15.2. The number of nitrogens with two attached hydrogens (primary N) is 1. The first-order chi connectivity index (χ1) is 14.7. The summed E-state index contributed by atoms with van der Waals surface area (Å²) in [5.74, 6) is -3.21. The second kappa shape index (κ2) is 8.19. The number of aryl methyl sites for hydroxylation is 1. The minimum Gasteiger partial charge on any atom is -0.456 e. The molecule has 2 aromatic heterocycles. The van der Waals surface area contributed by atoms with E-state index in [0.29, 0.717) is 15.8 Å². The van der Waals surface area contributed by atoms with Crippen molar-refractivity contribution in [1.82, 2.24) is 4.98 Å². The molecule has 1 atom stereocenters. The number of carbonyl (C=O) groups excluding carboxylic acids is 1. The van der Waals surface area contributed by atoms with Gasteiger partial charge in [0.25, 0.3) is 0 Å². The Morgan fingerprint density at radius 2 is 1.94 bits per heavy atom. The van der Waals surface area contributed by atoms with E-state index in [9.17, 15) is 9.18 Å². The van der Waals surface area contributed by atoms with Gasteiger partial charge in [-0.25, -0.2) is 18.6 Å². The Balaban J connectivity index is 1.99. The normalized spacial score (nSPS) is 19.3. The van der Waals surface area contributed by atoms with Gasteiger partial charge in [-0.3, -0.25) is 0 Å². The molecule has 0 spiro atoms. The highest BCUT2D eigenvalue weighted by atomic mass is 32.1. The first kappa shape index (κ1) is 21.7. The predicted octanol–water partition coefficient (Wildman–Crippen LogP) is 6.46. The monoisotopic (exact) mass is 444 g/mol. The summed E-state index contributed by atoms with van der Waals surface area (Å²) in [7, 11) is 0. The molecule has 2 aliphatic rings. The number of halogens is 2. The first-order valence-corrected chi connectivity index (χ1v) is 11.4. The van der Waals surface area contributed by atoms with Crippen LogP contribution in [0.5, 0.6) is 0 Å². The average molecular weight is 445 g/mol. The zero-order valence-electron chi connectivity index (χ0n) is 17.9. The minimum atomic E-state index is -0.921. The molecule has 4 nitrogen and oxygen atoms in total. The maximum absolute atomic E-state index is 15.2. The number of ether oxygens (including phenoxy) is 1. The second-order valence-corrected chi connectivity index (χ2v) is 9.95. The summed E-state index contributed by atoms with van der Waals surface area (Å²) in [5.41, 5.74) is 8.43. The molecule has 4 rings (SSSR count). The zero-order chi connectivity index (χ0) is 22.3. The van der Waals surface area contributed by atoms with Crippen LogP contribution in [0, 0.1) is 0 Å².